The zero-order chi connectivity index (χ0) is 19.3. The molecule has 0 unspecified atom stereocenters. The second-order valence-corrected chi connectivity index (χ2v) is 6.69. The van der Waals surface area contributed by atoms with Crippen molar-refractivity contribution in [2.75, 3.05) is 13.7 Å². The Morgan fingerprint density at radius 1 is 1.15 bits per heavy atom. The molecule has 1 atom stereocenters. The standard InChI is InChI=1S/C19H20Cl2N2O3/c1-11-4-7-17(26-3)15(8-11)12(2)23-18(24)10-22-19(25)14-6-5-13(20)9-16(14)21/h4-9,12H,10H2,1-3H3,(H,22,25)(H,23,24)/t12-/m0/s1. The van der Waals surface area contributed by atoms with Gasteiger partial charge in [-0.15, -0.1) is 0 Å². The highest BCUT2D eigenvalue weighted by Gasteiger charge is 2.16. The van der Waals surface area contributed by atoms with Crippen molar-refractivity contribution in [1.29, 1.82) is 0 Å². The van der Waals surface area contributed by atoms with Crippen molar-refractivity contribution in [3.8, 4) is 5.75 Å². The highest BCUT2D eigenvalue weighted by molar-refractivity contribution is 6.36. The van der Waals surface area contributed by atoms with E-state index in [1.165, 1.54) is 12.1 Å². The molecule has 0 saturated carbocycles. The molecule has 2 aromatic rings. The fourth-order valence-electron chi connectivity index (χ4n) is 2.49. The highest BCUT2D eigenvalue weighted by atomic mass is 35.5. The van der Waals surface area contributed by atoms with E-state index in [0.717, 1.165) is 11.1 Å². The molecule has 2 rings (SSSR count). The van der Waals surface area contributed by atoms with E-state index in [1.807, 2.05) is 32.0 Å². The smallest absolute Gasteiger partial charge is 0.253 e. The molecule has 0 radical (unpaired) electrons. The number of aryl methyl sites for hydroxylation is 1. The number of ether oxygens (including phenoxy) is 1. The summed E-state index contributed by atoms with van der Waals surface area (Å²) < 4.78 is 5.34. The van der Waals surface area contributed by atoms with Gasteiger partial charge >= 0.3 is 0 Å². The number of carbonyl (C=O) groups is 2. The van der Waals surface area contributed by atoms with Gasteiger partial charge in [0.2, 0.25) is 5.91 Å². The number of rotatable bonds is 6. The molecule has 0 aromatic heterocycles. The zero-order valence-electron chi connectivity index (χ0n) is 14.7. The van der Waals surface area contributed by atoms with Crippen molar-refractivity contribution in [2.24, 2.45) is 0 Å². The lowest BCUT2D eigenvalue weighted by Gasteiger charge is -2.18. The lowest BCUT2D eigenvalue weighted by Crippen LogP contribution is -2.38. The fraction of sp³-hybridized carbons (Fsp3) is 0.263. The first kappa shape index (κ1) is 20.1. The van der Waals surface area contributed by atoms with Gasteiger partial charge in [-0.05, 0) is 38.1 Å². The minimum Gasteiger partial charge on any atom is -0.496 e. The molecule has 0 spiro atoms. The summed E-state index contributed by atoms with van der Waals surface area (Å²) in [4.78, 5) is 24.3. The summed E-state index contributed by atoms with van der Waals surface area (Å²) in [5, 5.41) is 6.05. The number of methoxy groups -OCH3 is 1. The van der Waals surface area contributed by atoms with Gasteiger partial charge in [-0.25, -0.2) is 0 Å². The maximum Gasteiger partial charge on any atom is 0.253 e. The number of carbonyl (C=O) groups excluding carboxylic acids is 2. The molecule has 0 saturated heterocycles. The van der Waals surface area contributed by atoms with Crippen LogP contribution in [-0.2, 0) is 4.79 Å². The Hall–Kier alpha value is -2.24. The van der Waals surface area contributed by atoms with Gasteiger partial charge in [0.05, 0.1) is 30.3 Å². The van der Waals surface area contributed by atoms with E-state index in [-0.39, 0.29) is 29.1 Å². The first-order chi connectivity index (χ1) is 12.3. The van der Waals surface area contributed by atoms with Gasteiger partial charge in [0, 0.05) is 10.6 Å². The molecular weight excluding hydrogens is 375 g/mol. The maximum atomic E-state index is 12.2. The van der Waals surface area contributed by atoms with E-state index in [0.29, 0.717) is 10.8 Å². The number of halogens is 2. The average molecular weight is 395 g/mol. The summed E-state index contributed by atoms with van der Waals surface area (Å²) in [5.41, 5.74) is 2.19. The zero-order valence-corrected chi connectivity index (χ0v) is 16.2. The van der Waals surface area contributed by atoms with E-state index in [9.17, 15) is 9.59 Å². The van der Waals surface area contributed by atoms with Gasteiger partial charge in [0.1, 0.15) is 5.75 Å². The second kappa shape index (κ2) is 8.92. The van der Waals surface area contributed by atoms with E-state index >= 15 is 0 Å². The molecule has 0 heterocycles. The van der Waals surface area contributed by atoms with Crippen molar-refractivity contribution in [2.45, 2.75) is 19.9 Å². The Morgan fingerprint density at radius 3 is 2.54 bits per heavy atom. The Balaban J connectivity index is 1.96. The molecule has 0 aliphatic heterocycles. The lowest BCUT2D eigenvalue weighted by atomic mass is 10.0. The van der Waals surface area contributed by atoms with Crippen LogP contribution in [0.2, 0.25) is 10.0 Å². The molecule has 5 nitrogen and oxygen atoms in total. The van der Waals surface area contributed by atoms with Gasteiger partial charge in [-0.1, -0.05) is 40.9 Å². The van der Waals surface area contributed by atoms with Gasteiger partial charge in [-0.2, -0.15) is 0 Å². The van der Waals surface area contributed by atoms with Crippen LogP contribution in [-0.4, -0.2) is 25.5 Å². The summed E-state index contributed by atoms with van der Waals surface area (Å²) in [6.07, 6.45) is 0. The fourth-order valence-corrected chi connectivity index (χ4v) is 2.99. The topological polar surface area (TPSA) is 67.4 Å². The molecule has 0 bridgehead atoms. The SMILES string of the molecule is COc1ccc(C)cc1[C@H](C)NC(=O)CNC(=O)c1ccc(Cl)cc1Cl. The monoisotopic (exact) mass is 394 g/mol. The van der Waals surface area contributed by atoms with Crippen LogP contribution in [0, 0.1) is 6.92 Å². The van der Waals surface area contributed by atoms with E-state index < -0.39 is 5.91 Å². The normalized spacial score (nSPS) is 11.6. The van der Waals surface area contributed by atoms with E-state index in [4.69, 9.17) is 27.9 Å². The number of nitrogens with one attached hydrogen (secondary N) is 2. The Morgan fingerprint density at radius 2 is 1.88 bits per heavy atom. The van der Waals surface area contributed by atoms with Crippen LogP contribution in [0.25, 0.3) is 0 Å². The minimum absolute atomic E-state index is 0.170. The van der Waals surface area contributed by atoms with Crippen molar-refractivity contribution >= 4 is 35.0 Å². The summed E-state index contributed by atoms with van der Waals surface area (Å²) in [6.45, 7) is 3.65. The van der Waals surface area contributed by atoms with Crippen LogP contribution in [0.3, 0.4) is 0 Å². The van der Waals surface area contributed by atoms with E-state index in [1.54, 1.807) is 13.2 Å². The van der Waals surface area contributed by atoms with Gasteiger partial charge < -0.3 is 15.4 Å². The van der Waals surface area contributed by atoms with Crippen LogP contribution in [0.5, 0.6) is 5.75 Å². The molecule has 7 heteroatoms. The largest absolute Gasteiger partial charge is 0.496 e. The lowest BCUT2D eigenvalue weighted by molar-refractivity contribution is -0.120. The van der Waals surface area contributed by atoms with Gasteiger partial charge in [-0.3, -0.25) is 9.59 Å². The molecular formula is C19H20Cl2N2O3. The van der Waals surface area contributed by atoms with E-state index in [2.05, 4.69) is 10.6 Å². The summed E-state index contributed by atoms with van der Waals surface area (Å²) in [7, 11) is 1.58. The number of hydrogen-bond donors (Lipinski definition) is 2. The molecule has 0 aliphatic rings. The summed E-state index contributed by atoms with van der Waals surface area (Å²) in [5.74, 6) is -0.0671. The number of amides is 2. The average Bonchev–Trinajstić information content (AvgIpc) is 2.59. The maximum absolute atomic E-state index is 12.2. The quantitative estimate of drug-likeness (QED) is 0.779. The Kier molecular flexibility index (Phi) is 6.89. The first-order valence-electron chi connectivity index (χ1n) is 7.99. The van der Waals surface area contributed by atoms with Gasteiger partial charge in [0.25, 0.3) is 5.91 Å². The summed E-state index contributed by atoms with van der Waals surface area (Å²) in [6, 6.07) is 10.0. The van der Waals surface area contributed by atoms with Crippen molar-refractivity contribution in [1.82, 2.24) is 10.6 Å². The third kappa shape index (κ3) is 5.13. The highest BCUT2D eigenvalue weighted by Crippen LogP contribution is 2.26. The van der Waals surface area contributed by atoms with Crippen molar-refractivity contribution < 1.29 is 14.3 Å². The van der Waals surface area contributed by atoms with Crippen LogP contribution in [0.1, 0.15) is 34.5 Å². The second-order valence-electron chi connectivity index (χ2n) is 5.84. The molecule has 26 heavy (non-hydrogen) atoms. The van der Waals surface area contributed by atoms with Crippen LogP contribution < -0.4 is 15.4 Å². The molecule has 0 fully saturated rings. The number of hydrogen-bond acceptors (Lipinski definition) is 3. The van der Waals surface area contributed by atoms with Crippen LogP contribution >= 0.6 is 23.2 Å². The van der Waals surface area contributed by atoms with Crippen molar-refractivity contribution in [3.05, 3.63) is 63.1 Å². The first-order valence-corrected chi connectivity index (χ1v) is 8.74. The Labute approximate surface area is 162 Å². The summed E-state index contributed by atoms with van der Waals surface area (Å²) >= 11 is 11.8. The number of benzene rings is 2. The molecule has 2 aromatic carbocycles. The van der Waals surface area contributed by atoms with Crippen molar-refractivity contribution in [3.63, 3.8) is 0 Å². The predicted octanol–water partition coefficient (Wildman–Crippen LogP) is 3.92. The molecule has 2 N–H and O–H groups in total. The van der Waals surface area contributed by atoms with Crippen LogP contribution in [0.15, 0.2) is 36.4 Å². The molecule has 2 amide bonds. The van der Waals surface area contributed by atoms with Gasteiger partial charge in [0.15, 0.2) is 0 Å². The molecule has 138 valence electrons. The van der Waals surface area contributed by atoms with Crippen LogP contribution in [0.4, 0.5) is 0 Å². The predicted molar refractivity (Wildman–Crippen MR) is 103 cm³/mol. The minimum atomic E-state index is -0.442. The third-order valence-electron chi connectivity index (χ3n) is 3.81. The molecule has 0 aliphatic carbocycles. The Bertz CT molecular complexity index is 824. The third-order valence-corrected chi connectivity index (χ3v) is 4.36.